The van der Waals surface area contributed by atoms with Crippen molar-refractivity contribution in [1.29, 1.82) is 0 Å². The van der Waals surface area contributed by atoms with Crippen molar-refractivity contribution in [3.63, 3.8) is 0 Å². The van der Waals surface area contributed by atoms with Crippen LogP contribution in [-0.4, -0.2) is 55.1 Å². The smallest absolute Gasteiger partial charge is 0.252 e. The first kappa shape index (κ1) is 21.9. The molecule has 0 aliphatic carbocycles. The van der Waals surface area contributed by atoms with Gasteiger partial charge in [0.25, 0.3) is 5.91 Å². The van der Waals surface area contributed by atoms with Gasteiger partial charge in [0.05, 0.1) is 17.3 Å². The topological polar surface area (TPSA) is 64.7 Å². The molecule has 31 heavy (non-hydrogen) atoms. The quantitative estimate of drug-likeness (QED) is 0.712. The van der Waals surface area contributed by atoms with Crippen LogP contribution in [0.2, 0.25) is 10.0 Å². The van der Waals surface area contributed by atoms with Crippen molar-refractivity contribution in [2.75, 3.05) is 37.7 Å². The highest BCUT2D eigenvalue weighted by Gasteiger charge is 2.50. The van der Waals surface area contributed by atoms with Crippen LogP contribution in [0.1, 0.15) is 23.2 Å². The van der Waals surface area contributed by atoms with Gasteiger partial charge in [-0.15, -0.1) is 0 Å². The molecule has 0 aromatic heterocycles. The number of piperidine rings is 1. The van der Waals surface area contributed by atoms with Crippen molar-refractivity contribution in [3.05, 3.63) is 63.9 Å². The maximum Gasteiger partial charge on any atom is 0.252 e. The van der Waals surface area contributed by atoms with E-state index in [9.17, 15) is 14.0 Å². The molecule has 2 amide bonds. The molecular weight excluding hydrogens is 442 g/mol. The van der Waals surface area contributed by atoms with E-state index in [1.54, 1.807) is 30.3 Å². The van der Waals surface area contributed by atoms with Crippen molar-refractivity contribution >= 4 is 40.7 Å². The fourth-order valence-electron chi connectivity index (χ4n) is 4.29. The summed E-state index contributed by atoms with van der Waals surface area (Å²) >= 11 is 12.0. The molecule has 2 N–H and O–H groups in total. The number of halogens is 3. The lowest BCUT2D eigenvalue weighted by Crippen LogP contribution is -2.57. The third kappa shape index (κ3) is 4.49. The SMILES string of the molecule is O=C(NCCN1CCC2(CC1)C(=O)NCN2c1ccc(F)cc1)c1cc(Cl)ccc1Cl. The molecule has 6 nitrogen and oxygen atoms in total. The monoisotopic (exact) mass is 464 g/mol. The van der Waals surface area contributed by atoms with E-state index < -0.39 is 5.54 Å². The van der Waals surface area contributed by atoms with Crippen LogP contribution >= 0.6 is 23.2 Å². The number of anilines is 1. The van der Waals surface area contributed by atoms with Gasteiger partial charge in [0.1, 0.15) is 11.4 Å². The van der Waals surface area contributed by atoms with E-state index in [2.05, 4.69) is 15.5 Å². The molecule has 2 saturated heterocycles. The van der Waals surface area contributed by atoms with Gasteiger partial charge < -0.3 is 20.4 Å². The highest BCUT2D eigenvalue weighted by molar-refractivity contribution is 6.35. The van der Waals surface area contributed by atoms with E-state index >= 15 is 0 Å². The fourth-order valence-corrected chi connectivity index (χ4v) is 4.66. The summed E-state index contributed by atoms with van der Waals surface area (Å²) in [6, 6.07) is 11.0. The van der Waals surface area contributed by atoms with Crippen molar-refractivity contribution in [1.82, 2.24) is 15.5 Å². The van der Waals surface area contributed by atoms with Crippen LogP contribution in [0.15, 0.2) is 42.5 Å². The average molecular weight is 465 g/mol. The normalized spacial score (nSPS) is 18.3. The zero-order valence-corrected chi connectivity index (χ0v) is 18.3. The highest BCUT2D eigenvalue weighted by Crippen LogP contribution is 2.36. The van der Waals surface area contributed by atoms with Gasteiger partial charge in [-0.2, -0.15) is 0 Å². The highest BCUT2D eigenvalue weighted by atomic mass is 35.5. The lowest BCUT2D eigenvalue weighted by molar-refractivity contribution is -0.125. The number of nitrogens with zero attached hydrogens (tertiary/aromatic N) is 2. The Morgan fingerprint density at radius 1 is 1.13 bits per heavy atom. The van der Waals surface area contributed by atoms with Crippen LogP contribution in [0.25, 0.3) is 0 Å². The minimum absolute atomic E-state index is 0.0142. The standard InChI is InChI=1S/C22H23Cl2FN4O2/c23-15-1-6-19(24)18(13-15)20(30)26-9-12-28-10-7-22(8-11-28)21(31)27-14-29(22)17-4-2-16(25)3-5-17/h1-6,13H,7-12,14H2,(H,26,30)(H,27,31). The summed E-state index contributed by atoms with van der Waals surface area (Å²) in [6.07, 6.45) is 1.31. The van der Waals surface area contributed by atoms with Crippen LogP contribution in [-0.2, 0) is 4.79 Å². The first-order valence-electron chi connectivity index (χ1n) is 10.2. The number of carbonyl (C=O) groups is 2. The summed E-state index contributed by atoms with van der Waals surface area (Å²) in [5.41, 5.74) is 0.564. The number of likely N-dealkylation sites (tertiary alicyclic amines) is 1. The molecule has 2 aromatic rings. The average Bonchev–Trinajstić information content (AvgIpc) is 3.07. The first-order chi connectivity index (χ1) is 14.9. The van der Waals surface area contributed by atoms with E-state index in [1.807, 2.05) is 4.90 Å². The van der Waals surface area contributed by atoms with Crippen molar-refractivity contribution in [2.45, 2.75) is 18.4 Å². The van der Waals surface area contributed by atoms with Gasteiger partial charge in [-0.25, -0.2) is 4.39 Å². The minimum Gasteiger partial charge on any atom is -0.351 e. The zero-order valence-electron chi connectivity index (χ0n) is 16.8. The Bertz CT molecular complexity index is 978. The molecule has 2 aliphatic heterocycles. The molecule has 2 aliphatic rings. The van der Waals surface area contributed by atoms with Crippen molar-refractivity contribution in [3.8, 4) is 0 Å². The second-order valence-electron chi connectivity index (χ2n) is 7.82. The lowest BCUT2D eigenvalue weighted by Gasteiger charge is -2.43. The number of hydrogen-bond donors (Lipinski definition) is 2. The predicted octanol–water partition coefficient (Wildman–Crippen LogP) is 3.29. The molecule has 9 heteroatoms. The maximum absolute atomic E-state index is 13.3. The van der Waals surface area contributed by atoms with Crippen LogP contribution in [0.5, 0.6) is 0 Å². The Balaban J connectivity index is 1.32. The second-order valence-corrected chi connectivity index (χ2v) is 8.67. The zero-order chi connectivity index (χ0) is 22.0. The molecule has 164 valence electrons. The van der Waals surface area contributed by atoms with E-state index in [1.165, 1.54) is 12.1 Å². The number of hydrogen-bond acceptors (Lipinski definition) is 4. The molecule has 2 heterocycles. The van der Waals surface area contributed by atoms with Crippen molar-refractivity contribution < 1.29 is 14.0 Å². The summed E-state index contributed by atoms with van der Waals surface area (Å²) < 4.78 is 13.3. The summed E-state index contributed by atoms with van der Waals surface area (Å²) in [5, 5.41) is 6.63. The maximum atomic E-state index is 13.3. The van der Waals surface area contributed by atoms with Gasteiger partial charge in [-0.3, -0.25) is 9.59 Å². The van der Waals surface area contributed by atoms with Crippen molar-refractivity contribution in [2.24, 2.45) is 0 Å². The van der Waals surface area contributed by atoms with Gasteiger partial charge in [0, 0.05) is 36.9 Å². The molecule has 0 radical (unpaired) electrons. The van der Waals surface area contributed by atoms with Crippen LogP contribution in [0, 0.1) is 5.82 Å². The van der Waals surface area contributed by atoms with Crippen LogP contribution in [0.4, 0.5) is 10.1 Å². The molecule has 0 bridgehead atoms. The Hall–Kier alpha value is -2.35. The fraction of sp³-hybridized carbons (Fsp3) is 0.364. The summed E-state index contributed by atoms with van der Waals surface area (Å²) in [5.74, 6) is -0.550. The number of carbonyl (C=O) groups excluding carboxylic acids is 2. The number of nitrogens with one attached hydrogen (secondary N) is 2. The summed E-state index contributed by atoms with van der Waals surface area (Å²) in [4.78, 5) is 29.3. The van der Waals surface area contributed by atoms with Gasteiger partial charge in [-0.05, 0) is 55.3 Å². The van der Waals surface area contributed by atoms with E-state index in [0.29, 0.717) is 48.2 Å². The molecule has 0 saturated carbocycles. The summed E-state index contributed by atoms with van der Waals surface area (Å²) in [7, 11) is 0. The van der Waals surface area contributed by atoms with E-state index in [-0.39, 0.29) is 17.6 Å². The Morgan fingerprint density at radius 3 is 2.55 bits per heavy atom. The lowest BCUT2D eigenvalue weighted by atomic mass is 9.85. The van der Waals surface area contributed by atoms with E-state index in [0.717, 1.165) is 18.8 Å². The molecular formula is C22H23Cl2FN4O2. The van der Waals surface area contributed by atoms with Crippen LogP contribution < -0.4 is 15.5 Å². The third-order valence-electron chi connectivity index (χ3n) is 6.05. The molecule has 0 atom stereocenters. The predicted molar refractivity (Wildman–Crippen MR) is 119 cm³/mol. The Kier molecular flexibility index (Phi) is 6.36. The molecule has 0 unspecified atom stereocenters. The molecule has 1 spiro atoms. The molecule has 2 aromatic carbocycles. The van der Waals surface area contributed by atoms with Gasteiger partial charge in [0.2, 0.25) is 5.91 Å². The number of benzene rings is 2. The number of amides is 2. The van der Waals surface area contributed by atoms with Gasteiger partial charge in [-0.1, -0.05) is 23.2 Å². The Labute approximate surface area is 190 Å². The van der Waals surface area contributed by atoms with E-state index in [4.69, 9.17) is 23.2 Å². The number of rotatable bonds is 5. The first-order valence-corrected chi connectivity index (χ1v) is 10.9. The Morgan fingerprint density at radius 2 is 1.84 bits per heavy atom. The second kappa shape index (κ2) is 9.02. The third-order valence-corrected chi connectivity index (χ3v) is 6.61. The minimum atomic E-state index is -0.619. The molecule has 4 rings (SSSR count). The summed E-state index contributed by atoms with van der Waals surface area (Å²) in [6.45, 7) is 2.99. The molecule has 2 fully saturated rings. The van der Waals surface area contributed by atoms with Crippen LogP contribution in [0.3, 0.4) is 0 Å². The van der Waals surface area contributed by atoms with Gasteiger partial charge >= 0.3 is 0 Å². The van der Waals surface area contributed by atoms with Gasteiger partial charge in [0.15, 0.2) is 0 Å². The largest absolute Gasteiger partial charge is 0.351 e.